The van der Waals surface area contributed by atoms with Crippen molar-refractivity contribution in [2.45, 2.75) is 57.5 Å². The maximum Gasteiger partial charge on any atom is 0.408 e. The van der Waals surface area contributed by atoms with Gasteiger partial charge in [-0.2, -0.15) is 0 Å². The highest BCUT2D eigenvalue weighted by atomic mass is 16.5. The maximum atomic E-state index is 13.2. The molecule has 0 aromatic heterocycles. The fraction of sp³-hybridized carbons (Fsp3) is 0.444. The molecule has 0 heterocycles. The molecule has 0 aliphatic heterocycles. The first-order valence-corrected chi connectivity index (χ1v) is 12.3. The molecule has 2 aromatic carbocycles. The number of nitrogens with one attached hydrogen (secondary N) is 2. The van der Waals surface area contributed by atoms with Crippen LogP contribution in [0.3, 0.4) is 0 Å². The predicted molar refractivity (Wildman–Crippen MR) is 139 cm³/mol. The molecule has 0 saturated carbocycles. The van der Waals surface area contributed by atoms with Gasteiger partial charge in [0.25, 0.3) is 0 Å². The third-order valence-corrected chi connectivity index (χ3v) is 6.53. The summed E-state index contributed by atoms with van der Waals surface area (Å²) in [6, 6.07) is 14.8. The van der Waals surface area contributed by atoms with Crippen LogP contribution in [-0.2, 0) is 14.3 Å². The van der Waals surface area contributed by atoms with E-state index >= 15 is 0 Å². The molecule has 2 amide bonds. The number of amides is 2. The standard InChI is InChI=1S/C27H33N5O5/c1-17(2)15-23(24(33)34)30-25(35)27(3,13-8-14-29-32-28)31-26(36)37-16-22-20-11-6-4-9-18(20)19-10-5-7-12-21(19)22/h4-7,9-12,17,22-23H,8,13-16H2,1-3H3,(H,30,35)(H,31,36)(H,33,34). The van der Waals surface area contributed by atoms with Crippen LogP contribution in [0.25, 0.3) is 21.6 Å². The number of fused-ring (bicyclic) bond motifs is 3. The molecule has 196 valence electrons. The van der Waals surface area contributed by atoms with Crippen molar-refractivity contribution in [1.82, 2.24) is 10.6 Å². The van der Waals surface area contributed by atoms with E-state index in [9.17, 15) is 19.5 Å². The minimum Gasteiger partial charge on any atom is -0.480 e. The van der Waals surface area contributed by atoms with Gasteiger partial charge in [0.05, 0.1) is 0 Å². The Kier molecular flexibility index (Phi) is 9.14. The van der Waals surface area contributed by atoms with Gasteiger partial charge in [0.1, 0.15) is 18.2 Å². The summed E-state index contributed by atoms with van der Waals surface area (Å²) in [5.41, 5.74) is 11.4. The molecule has 2 atom stereocenters. The Bertz CT molecular complexity index is 1150. The van der Waals surface area contributed by atoms with Gasteiger partial charge in [-0.25, -0.2) is 9.59 Å². The Morgan fingerprint density at radius 1 is 1.11 bits per heavy atom. The Morgan fingerprint density at radius 2 is 1.70 bits per heavy atom. The van der Waals surface area contributed by atoms with Gasteiger partial charge in [0.15, 0.2) is 0 Å². The molecular weight excluding hydrogens is 474 g/mol. The van der Waals surface area contributed by atoms with Crippen LogP contribution in [-0.4, -0.2) is 47.8 Å². The number of azide groups is 1. The summed E-state index contributed by atoms with van der Waals surface area (Å²) in [4.78, 5) is 40.5. The van der Waals surface area contributed by atoms with Crippen LogP contribution < -0.4 is 10.6 Å². The van der Waals surface area contributed by atoms with Crippen molar-refractivity contribution < 1.29 is 24.2 Å². The second-order valence-corrected chi connectivity index (χ2v) is 9.83. The molecule has 10 nitrogen and oxygen atoms in total. The Balaban J connectivity index is 1.73. The van der Waals surface area contributed by atoms with Crippen LogP contribution in [0.15, 0.2) is 53.6 Å². The number of hydrogen-bond acceptors (Lipinski definition) is 5. The largest absolute Gasteiger partial charge is 0.480 e. The number of carboxylic acid groups (broad SMARTS) is 1. The highest BCUT2D eigenvalue weighted by Gasteiger charge is 2.38. The van der Waals surface area contributed by atoms with Crippen molar-refractivity contribution >= 4 is 18.0 Å². The van der Waals surface area contributed by atoms with Crippen LogP contribution >= 0.6 is 0 Å². The number of carbonyl (C=O) groups excluding carboxylic acids is 2. The summed E-state index contributed by atoms with van der Waals surface area (Å²) in [6.45, 7) is 5.42. The number of carboxylic acids is 1. The average Bonchev–Trinajstić information content (AvgIpc) is 3.18. The number of aliphatic carboxylic acids is 1. The second-order valence-electron chi connectivity index (χ2n) is 9.83. The van der Waals surface area contributed by atoms with Gasteiger partial charge < -0.3 is 20.5 Å². The molecular formula is C27H33N5O5. The first-order valence-electron chi connectivity index (χ1n) is 12.3. The Labute approximate surface area is 216 Å². The lowest BCUT2D eigenvalue weighted by Crippen LogP contribution is -2.59. The lowest BCUT2D eigenvalue weighted by molar-refractivity contribution is -0.143. The summed E-state index contributed by atoms with van der Waals surface area (Å²) < 4.78 is 5.60. The van der Waals surface area contributed by atoms with Crippen molar-refractivity contribution in [2.24, 2.45) is 11.0 Å². The third kappa shape index (κ3) is 6.80. The normalized spacial score (nSPS) is 14.5. The van der Waals surface area contributed by atoms with Gasteiger partial charge in [-0.15, -0.1) is 0 Å². The molecule has 2 unspecified atom stereocenters. The van der Waals surface area contributed by atoms with E-state index in [0.29, 0.717) is 6.42 Å². The van der Waals surface area contributed by atoms with Crippen LogP contribution in [0.4, 0.5) is 4.79 Å². The van der Waals surface area contributed by atoms with E-state index in [1.165, 1.54) is 6.92 Å². The zero-order valence-electron chi connectivity index (χ0n) is 21.3. The first-order chi connectivity index (χ1) is 17.7. The quantitative estimate of drug-likeness (QED) is 0.160. The van der Waals surface area contributed by atoms with E-state index < -0.39 is 29.6 Å². The molecule has 10 heteroatoms. The smallest absolute Gasteiger partial charge is 0.408 e. The molecule has 37 heavy (non-hydrogen) atoms. The maximum absolute atomic E-state index is 13.2. The first kappa shape index (κ1) is 27.5. The van der Waals surface area contributed by atoms with Crippen molar-refractivity contribution in [3.05, 3.63) is 70.1 Å². The van der Waals surface area contributed by atoms with Gasteiger partial charge in [-0.3, -0.25) is 4.79 Å². The summed E-state index contributed by atoms with van der Waals surface area (Å²) in [7, 11) is 0. The average molecular weight is 508 g/mol. The predicted octanol–water partition coefficient (Wildman–Crippen LogP) is 4.99. The van der Waals surface area contributed by atoms with Gasteiger partial charge in [-0.05, 0) is 59.9 Å². The molecule has 0 bridgehead atoms. The van der Waals surface area contributed by atoms with Gasteiger partial charge >= 0.3 is 12.1 Å². The molecule has 1 aliphatic carbocycles. The zero-order chi connectivity index (χ0) is 27.0. The minimum atomic E-state index is -1.47. The minimum absolute atomic E-state index is 0.0349. The fourth-order valence-corrected chi connectivity index (χ4v) is 4.65. The molecule has 0 spiro atoms. The van der Waals surface area contributed by atoms with Gasteiger partial charge in [0.2, 0.25) is 5.91 Å². The molecule has 1 aliphatic rings. The number of rotatable bonds is 12. The summed E-state index contributed by atoms with van der Waals surface area (Å²) in [6.07, 6.45) is -0.129. The molecule has 2 aromatic rings. The van der Waals surface area contributed by atoms with Crippen molar-refractivity contribution in [3.63, 3.8) is 0 Å². The lowest BCUT2D eigenvalue weighted by Gasteiger charge is -2.31. The molecule has 3 N–H and O–H groups in total. The third-order valence-electron chi connectivity index (χ3n) is 6.53. The van der Waals surface area contributed by atoms with E-state index in [0.717, 1.165) is 22.3 Å². The van der Waals surface area contributed by atoms with Crippen LogP contribution in [0.1, 0.15) is 57.1 Å². The number of hydrogen-bond donors (Lipinski definition) is 3. The number of nitrogens with zero attached hydrogens (tertiary/aromatic N) is 3. The van der Waals surface area contributed by atoms with E-state index in [1.807, 2.05) is 62.4 Å². The van der Waals surface area contributed by atoms with Crippen LogP contribution in [0, 0.1) is 5.92 Å². The monoisotopic (exact) mass is 507 g/mol. The fourth-order valence-electron chi connectivity index (χ4n) is 4.65. The number of benzene rings is 2. The molecule has 0 radical (unpaired) electrons. The summed E-state index contributed by atoms with van der Waals surface area (Å²) in [5, 5.41) is 18.2. The Morgan fingerprint density at radius 3 is 2.24 bits per heavy atom. The highest BCUT2D eigenvalue weighted by molar-refractivity contribution is 5.92. The van der Waals surface area contributed by atoms with Crippen molar-refractivity contribution in [2.75, 3.05) is 13.2 Å². The number of ether oxygens (including phenoxy) is 1. The molecule has 0 fully saturated rings. The van der Waals surface area contributed by atoms with Crippen molar-refractivity contribution in [1.29, 1.82) is 0 Å². The Hall–Kier alpha value is -4.04. The number of carbonyl (C=O) groups is 3. The van der Waals surface area contributed by atoms with E-state index in [2.05, 4.69) is 20.7 Å². The molecule has 3 rings (SSSR count). The summed E-state index contributed by atoms with van der Waals surface area (Å²) in [5.74, 6) is -1.91. The summed E-state index contributed by atoms with van der Waals surface area (Å²) >= 11 is 0. The van der Waals surface area contributed by atoms with E-state index in [4.69, 9.17) is 10.3 Å². The zero-order valence-corrected chi connectivity index (χ0v) is 21.3. The van der Waals surface area contributed by atoms with Crippen LogP contribution in [0.2, 0.25) is 0 Å². The van der Waals surface area contributed by atoms with Gasteiger partial charge in [0, 0.05) is 17.4 Å². The number of alkyl carbamates (subject to hydrolysis) is 1. The highest BCUT2D eigenvalue weighted by Crippen LogP contribution is 2.44. The van der Waals surface area contributed by atoms with E-state index in [-0.39, 0.29) is 37.8 Å². The second kappa shape index (κ2) is 12.3. The molecule has 0 saturated heterocycles. The van der Waals surface area contributed by atoms with Gasteiger partial charge in [-0.1, -0.05) is 67.5 Å². The topological polar surface area (TPSA) is 153 Å². The lowest BCUT2D eigenvalue weighted by atomic mass is 9.93. The van der Waals surface area contributed by atoms with E-state index in [1.54, 1.807) is 0 Å². The van der Waals surface area contributed by atoms with Crippen molar-refractivity contribution in [3.8, 4) is 11.1 Å². The SMILES string of the molecule is CC(C)CC(NC(=O)C(C)(CCCN=[N+]=[N-])NC(=O)OCC1c2ccccc2-c2ccccc21)C(=O)O. The van der Waals surface area contributed by atoms with Crippen LogP contribution in [0.5, 0.6) is 0 Å².